The second kappa shape index (κ2) is 5.07. The predicted octanol–water partition coefficient (Wildman–Crippen LogP) is 1.71. The SMILES string of the molecule is CCC(C)(C)C(=O)Nc1ccc(S(N)(=O)=O)cc1. The molecule has 0 unspecified atom stereocenters. The van der Waals surface area contributed by atoms with E-state index in [0.717, 1.165) is 0 Å². The van der Waals surface area contributed by atoms with Gasteiger partial charge < -0.3 is 5.32 Å². The zero-order valence-corrected chi connectivity index (χ0v) is 11.5. The van der Waals surface area contributed by atoms with Gasteiger partial charge in [-0.05, 0) is 30.7 Å². The maximum absolute atomic E-state index is 11.9. The number of nitrogens with two attached hydrogens (primary N) is 1. The topological polar surface area (TPSA) is 89.3 Å². The van der Waals surface area contributed by atoms with Crippen molar-refractivity contribution in [3.8, 4) is 0 Å². The van der Waals surface area contributed by atoms with Gasteiger partial charge in [0.05, 0.1) is 4.90 Å². The molecule has 3 N–H and O–H groups in total. The van der Waals surface area contributed by atoms with Crippen molar-refractivity contribution < 1.29 is 13.2 Å². The van der Waals surface area contributed by atoms with Gasteiger partial charge >= 0.3 is 0 Å². The largest absolute Gasteiger partial charge is 0.326 e. The second-order valence-electron chi connectivity index (χ2n) is 4.76. The molecule has 100 valence electrons. The van der Waals surface area contributed by atoms with Gasteiger partial charge in [-0.3, -0.25) is 4.79 Å². The van der Waals surface area contributed by atoms with Gasteiger partial charge in [-0.1, -0.05) is 20.8 Å². The van der Waals surface area contributed by atoms with Gasteiger partial charge in [-0.15, -0.1) is 0 Å². The molecular formula is C12H18N2O3S. The van der Waals surface area contributed by atoms with Gasteiger partial charge in [0, 0.05) is 11.1 Å². The highest BCUT2D eigenvalue weighted by molar-refractivity contribution is 7.89. The van der Waals surface area contributed by atoms with E-state index in [1.807, 2.05) is 20.8 Å². The second-order valence-corrected chi connectivity index (χ2v) is 6.32. The average molecular weight is 270 g/mol. The number of primary sulfonamides is 1. The normalized spacial score (nSPS) is 12.2. The lowest BCUT2D eigenvalue weighted by Crippen LogP contribution is -2.29. The van der Waals surface area contributed by atoms with Gasteiger partial charge in [-0.25, -0.2) is 13.6 Å². The van der Waals surface area contributed by atoms with E-state index in [9.17, 15) is 13.2 Å². The zero-order valence-electron chi connectivity index (χ0n) is 10.7. The van der Waals surface area contributed by atoms with Crippen molar-refractivity contribution in [2.24, 2.45) is 10.6 Å². The summed E-state index contributed by atoms with van der Waals surface area (Å²) >= 11 is 0. The van der Waals surface area contributed by atoms with Crippen LogP contribution in [0.15, 0.2) is 29.2 Å². The number of nitrogens with one attached hydrogen (secondary N) is 1. The molecule has 0 radical (unpaired) electrons. The average Bonchev–Trinajstić information content (AvgIpc) is 2.28. The maximum atomic E-state index is 11.9. The molecule has 0 aliphatic carbocycles. The predicted molar refractivity (Wildman–Crippen MR) is 70.5 cm³/mol. The van der Waals surface area contributed by atoms with Crippen molar-refractivity contribution in [2.45, 2.75) is 32.1 Å². The summed E-state index contributed by atoms with van der Waals surface area (Å²) in [6.07, 6.45) is 0.716. The van der Waals surface area contributed by atoms with E-state index in [0.29, 0.717) is 12.1 Å². The Morgan fingerprint density at radius 2 is 1.78 bits per heavy atom. The summed E-state index contributed by atoms with van der Waals surface area (Å²) in [5.41, 5.74) is 0.0902. The molecule has 6 heteroatoms. The van der Waals surface area contributed by atoms with Crippen LogP contribution in [0.1, 0.15) is 27.2 Å². The van der Waals surface area contributed by atoms with Crippen LogP contribution in [0.25, 0.3) is 0 Å². The summed E-state index contributed by atoms with van der Waals surface area (Å²) in [7, 11) is -3.69. The summed E-state index contributed by atoms with van der Waals surface area (Å²) < 4.78 is 22.1. The fourth-order valence-electron chi connectivity index (χ4n) is 1.19. The Balaban J connectivity index is 2.86. The molecule has 0 spiro atoms. The summed E-state index contributed by atoms with van der Waals surface area (Å²) in [5, 5.41) is 7.72. The smallest absolute Gasteiger partial charge is 0.238 e. The summed E-state index contributed by atoms with van der Waals surface area (Å²) in [6.45, 7) is 5.63. The van der Waals surface area contributed by atoms with Crippen molar-refractivity contribution >= 4 is 21.6 Å². The third-order valence-corrected chi connectivity index (χ3v) is 3.87. The number of carbonyl (C=O) groups is 1. The van der Waals surface area contributed by atoms with Crippen LogP contribution >= 0.6 is 0 Å². The van der Waals surface area contributed by atoms with Crippen LogP contribution in [-0.4, -0.2) is 14.3 Å². The number of rotatable bonds is 4. The zero-order chi connectivity index (χ0) is 14.0. The van der Waals surface area contributed by atoms with Crippen LogP contribution in [-0.2, 0) is 14.8 Å². The molecule has 0 aliphatic rings. The molecule has 0 fully saturated rings. The first-order valence-electron chi connectivity index (χ1n) is 5.61. The molecule has 1 amide bonds. The Morgan fingerprint density at radius 3 is 2.17 bits per heavy atom. The van der Waals surface area contributed by atoms with Crippen LogP contribution in [0.5, 0.6) is 0 Å². The number of carbonyl (C=O) groups excluding carboxylic acids is 1. The van der Waals surface area contributed by atoms with Crippen molar-refractivity contribution in [2.75, 3.05) is 5.32 Å². The standard InChI is InChI=1S/C12H18N2O3S/c1-4-12(2,3)11(15)14-9-5-7-10(8-6-9)18(13,16)17/h5-8H,4H2,1-3H3,(H,14,15)(H2,13,16,17). The molecule has 18 heavy (non-hydrogen) atoms. The van der Waals surface area contributed by atoms with Crippen LogP contribution in [0.2, 0.25) is 0 Å². The van der Waals surface area contributed by atoms with Crippen molar-refractivity contribution in [1.82, 2.24) is 0 Å². The first kappa shape index (κ1) is 14.7. The molecule has 0 atom stereocenters. The lowest BCUT2D eigenvalue weighted by Gasteiger charge is -2.21. The van der Waals surface area contributed by atoms with E-state index in [1.54, 1.807) is 0 Å². The van der Waals surface area contributed by atoms with Gasteiger partial charge in [0.1, 0.15) is 0 Å². The maximum Gasteiger partial charge on any atom is 0.238 e. The summed E-state index contributed by atoms with van der Waals surface area (Å²) in [6, 6.07) is 5.76. The van der Waals surface area contributed by atoms with Gasteiger partial charge in [0.25, 0.3) is 0 Å². The Hall–Kier alpha value is -1.40. The van der Waals surface area contributed by atoms with Crippen LogP contribution in [0.4, 0.5) is 5.69 Å². The van der Waals surface area contributed by atoms with Crippen molar-refractivity contribution in [1.29, 1.82) is 0 Å². The number of anilines is 1. The fourth-order valence-corrected chi connectivity index (χ4v) is 1.70. The number of amides is 1. The third-order valence-electron chi connectivity index (χ3n) is 2.94. The highest BCUT2D eigenvalue weighted by Crippen LogP contribution is 2.22. The molecule has 0 bridgehead atoms. The van der Waals surface area contributed by atoms with Gasteiger partial charge in [-0.2, -0.15) is 0 Å². The lowest BCUT2D eigenvalue weighted by atomic mass is 9.89. The first-order chi connectivity index (χ1) is 8.16. The molecule has 0 aliphatic heterocycles. The molecular weight excluding hydrogens is 252 g/mol. The minimum atomic E-state index is -3.69. The van der Waals surface area contributed by atoms with E-state index in [1.165, 1.54) is 24.3 Å². The molecule has 1 rings (SSSR count). The van der Waals surface area contributed by atoms with Crippen molar-refractivity contribution in [3.63, 3.8) is 0 Å². The van der Waals surface area contributed by atoms with Crippen LogP contribution in [0, 0.1) is 5.41 Å². The van der Waals surface area contributed by atoms with E-state index in [4.69, 9.17) is 5.14 Å². The number of hydrogen-bond donors (Lipinski definition) is 2. The minimum absolute atomic E-state index is 0.0234. The third kappa shape index (κ3) is 3.54. The molecule has 5 nitrogen and oxygen atoms in total. The molecule has 0 saturated heterocycles. The molecule has 1 aromatic rings. The van der Waals surface area contributed by atoms with Crippen molar-refractivity contribution in [3.05, 3.63) is 24.3 Å². The Morgan fingerprint density at radius 1 is 1.28 bits per heavy atom. The lowest BCUT2D eigenvalue weighted by molar-refractivity contribution is -0.124. The highest BCUT2D eigenvalue weighted by atomic mass is 32.2. The Kier molecular flexibility index (Phi) is 4.13. The number of hydrogen-bond acceptors (Lipinski definition) is 3. The number of sulfonamides is 1. The monoisotopic (exact) mass is 270 g/mol. The molecule has 0 heterocycles. The van der Waals surface area contributed by atoms with E-state index >= 15 is 0 Å². The van der Waals surface area contributed by atoms with Gasteiger partial charge in [0.15, 0.2) is 0 Å². The summed E-state index contributed by atoms with van der Waals surface area (Å²) in [5.74, 6) is -0.103. The molecule has 0 aromatic heterocycles. The minimum Gasteiger partial charge on any atom is -0.326 e. The molecule has 0 saturated carbocycles. The van der Waals surface area contributed by atoms with Crippen LogP contribution < -0.4 is 10.5 Å². The van der Waals surface area contributed by atoms with E-state index in [-0.39, 0.29) is 10.8 Å². The Bertz CT molecular complexity index is 533. The molecule has 1 aromatic carbocycles. The van der Waals surface area contributed by atoms with Gasteiger partial charge in [0.2, 0.25) is 15.9 Å². The Labute approximate surface area is 107 Å². The van der Waals surface area contributed by atoms with E-state index in [2.05, 4.69) is 5.32 Å². The number of benzene rings is 1. The first-order valence-corrected chi connectivity index (χ1v) is 7.16. The highest BCUT2D eigenvalue weighted by Gasteiger charge is 2.25. The summed E-state index contributed by atoms with van der Waals surface area (Å²) in [4.78, 5) is 11.9. The quantitative estimate of drug-likeness (QED) is 0.872. The fraction of sp³-hybridized carbons (Fsp3) is 0.417. The van der Waals surface area contributed by atoms with Crippen LogP contribution in [0.3, 0.4) is 0 Å². The van der Waals surface area contributed by atoms with E-state index < -0.39 is 15.4 Å².